The molecule has 0 saturated heterocycles. The molecule has 5 heteroatoms. The predicted molar refractivity (Wildman–Crippen MR) is 282 cm³/mol. The van der Waals surface area contributed by atoms with Gasteiger partial charge in [-0.3, -0.25) is 9.55 Å². The van der Waals surface area contributed by atoms with E-state index in [0.717, 1.165) is 72.4 Å². The summed E-state index contributed by atoms with van der Waals surface area (Å²) in [5.41, 5.74) is 12.1. The molecule has 0 aliphatic carbocycles. The van der Waals surface area contributed by atoms with E-state index >= 15 is 0 Å². The van der Waals surface area contributed by atoms with Crippen molar-refractivity contribution < 1.29 is 38.1 Å². The van der Waals surface area contributed by atoms with Crippen LogP contribution in [0.25, 0.3) is 83.9 Å². The van der Waals surface area contributed by atoms with Gasteiger partial charge in [0.25, 0.3) is 0 Å². The largest absolute Gasteiger partial charge is 2.00 e. The summed E-state index contributed by atoms with van der Waals surface area (Å²) in [6.07, 6.45) is 1.67. The monoisotopic (exact) mass is 1080 g/mol. The molecule has 7 aromatic carbocycles. The van der Waals surface area contributed by atoms with Gasteiger partial charge in [0.2, 0.25) is 0 Å². The molecule has 68 heavy (non-hydrogen) atoms. The van der Waals surface area contributed by atoms with Crippen LogP contribution >= 0.6 is 0 Å². The minimum absolute atomic E-state index is 0. The number of ether oxygens (including phenoxy) is 1. The van der Waals surface area contributed by atoms with E-state index in [2.05, 4.69) is 169 Å². The van der Waals surface area contributed by atoms with E-state index in [0.29, 0.717) is 34.0 Å². The first-order valence-corrected chi connectivity index (χ1v) is 22.6. The summed E-state index contributed by atoms with van der Waals surface area (Å²) in [7, 11) is 3.94. The van der Waals surface area contributed by atoms with Crippen LogP contribution < -0.4 is 4.74 Å². The van der Waals surface area contributed by atoms with Gasteiger partial charge in [-0.2, -0.15) is 7.11 Å². The third-order valence-electron chi connectivity index (χ3n) is 12.6. The maximum absolute atomic E-state index is 8.23. The summed E-state index contributed by atoms with van der Waals surface area (Å²) in [6, 6.07) is 53.5. The quantitative estimate of drug-likeness (QED) is 0.142. The smallest absolute Gasteiger partial charge is 0.665 e. The van der Waals surface area contributed by atoms with Gasteiger partial charge in [0.1, 0.15) is 5.82 Å². The van der Waals surface area contributed by atoms with Crippen molar-refractivity contribution in [2.45, 2.75) is 92.2 Å². The number of hydrogen-bond donors (Lipinski definition) is 0. The van der Waals surface area contributed by atoms with Crippen molar-refractivity contribution in [3.8, 4) is 78.6 Å². The number of hydrogen-bond acceptors (Lipinski definition) is 3. The number of benzene rings is 7. The molecule has 0 saturated carbocycles. The van der Waals surface area contributed by atoms with E-state index in [9.17, 15) is 0 Å². The summed E-state index contributed by atoms with van der Waals surface area (Å²) in [5, 5.41) is 0. The van der Waals surface area contributed by atoms with Crippen molar-refractivity contribution in [3.05, 3.63) is 199 Å². The molecule has 9 aromatic rings. The number of para-hydroxylation sites is 1. The molecule has 344 valence electrons. The fraction of sp³-hybridized carbons (Fsp3) is 0.222. The zero-order valence-corrected chi connectivity index (χ0v) is 42.1. The van der Waals surface area contributed by atoms with Gasteiger partial charge in [-0.15, -0.1) is 29.3 Å². The van der Waals surface area contributed by atoms with E-state index in [-0.39, 0.29) is 37.5 Å². The molecule has 0 amide bonds. The molecule has 2 aromatic heterocycles. The van der Waals surface area contributed by atoms with E-state index in [4.69, 9.17) is 27.0 Å². The molecule has 0 aliphatic heterocycles. The maximum atomic E-state index is 8.23. The molecule has 0 aliphatic rings. The first kappa shape index (κ1) is 37.6. The van der Waals surface area contributed by atoms with Gasteiger partial charge >= 0.3 is 21.1 Å². The van der Waals surface area contributed by atoms with Gasteiger partial charge < -0.3 is 4.74 Å². The standard InChI is InChI=1S/C63H61N3O.Pt/c1-40-32-41(2)59(67-12)53(33-40)60-65-58-50(46-34-47(36-49(35-46)62(6,7)8)55-37-45(30-31-64-55)42-26-28-48(29-27-42)61(3,4)5)24-19-25-56(58)66(60)57-39-51(43-20-15-13-16-21-43)54(63(9,10)11)38-52(57)44-22-17-14-18-23-44;/h13-33,35-39H,12H2,1-11H3;/q-2;+2/i3D3,4D3,5D3;. The Kier molecular flexibility index (Phi) is 10.3. The van der Waals surface area contributed by atoms with Crippen LogP contribution in [0.2, 0.25) is 0 Å². The van der Waals surface area contributed by atoms with E-state index in [1.54, 1.807) is 24.4 Å². The Balaban J connectivity index is 0.00000784. The van der Waals surface area contributed by atoms with Crippen LogP contribution in [0.15, 0.2) is 158 Å². The molecular formula is C63H61N3OPt. The number of fused-ring (bicyclic) bond motifs is 1. The second-order valence-electron chi connectivity index (χ2n) is 19.6. The Morgan fingerprint density at radius 3 is 1.87 bits per heavy atom. The van der Waals surface area contributed by atoms with Crippen molar-refractivity contribution in [3.63, 3.8) is 0 Å². The van der Waals surface area contributed by atoms with E-state index in [1.807, 2.05) is 25.1 Å². The topological polar surface area (TPSA) is 39.9 Å². The Hall–Kier alpha value is -6.35. The number of pyridine rings is 1. The van der Waals surface area contributed by atoms with E-state index < -0.39 is 26.0 Å². The zero-order chi connectivity index (χ0) is 54.9. The summed E-state index contributed by atoms with van der Waals surface area (Å²) < 4.78 is 82.3. The Labute approximate surface area is 431 Å². The van der Waals surface area contributed by atoms with Gasteiger partial charge in [0.05, 0.1) is 28.0 Å². The summed E-state index contributed by atoms with van der Waals surface area (Å²) in [5.74, 6) is 1.30. The van der Waals surface area contributed by atoms with Crippen molar-refractivity contribution in [2.24, 2.45) is 0 Å². The third kappa shape index (κ3) is 9.41. The van der Waals surface area contributed by atoms with Gasteiger partial charge in [-0.1, -0.05) is 182 Å². The number of aromatic nitrogens is 3. The fourth-order valence-electron chi connectivity index (χ4n) is 9.11. The SMILES string of the molecule is [2H]C([2H])([2H])C(c1ccc(-c2ccnc(-c3[c-]c(-c4cccc5c4nc(-c4cc(C)cc(C)c4O[CH2-])n5-c4cc(-c5ccccc5)c(C(C)(C)C)cc4-c4ccccc4)cc(C(C)(C)C)c3)c2)cc1)(C([2H])([2H])[2H])C([2H])([2H])[2H].[Pt+2]. The van der Waals surface area contributed by atoms with Gasteiger partial charge in [0.15, 0.2) is 0 Å². The summed E-state index contributed by atoms with van der Waals surface area (Å²) in [6.45, 7) is 7.20. The number of nitrogens with zero attached hydrogens (tertiary/aromatic N) is 3. The van der Waals surface area contributed by atoms with Gasteiger partial charge in [-0.05, 0) is 110 Å². The summed E-state index contributed by atoms with van der Waals surface area (Å²) in [4.78, 5) is 10.5. The van der Waals surface area contributed by atoms with Gasteiger partial charge in [-0.25, -0.2) is 4.98 Å². The van der Waals surface area contributed by atoms with Crippen LogP contribution in [0.3, 0.4) is 0 Å². The molecule has 0 fully saturated rings. The first-order valence-electron chi connectivity index (χ1n) is 27.1. The van der Waals surface area contributed by atoms with Crippen molar-refractivity contribution in [1.82, 2.24) is 14.5 Å². The van der Waals surface area contributed by atoms with Crippen LogP contribution in [-0.2, 0) is 37.3 Å². The first-order chi connectivity index (χ1) is 35.6. The minimum atomic E-state index is -3.37. The fourth-order valence-corrected chi connectivity index (χ4v) is 9.11. The summed E-state index contributed by atoms with van der Waals surface area (Å²) >= 11 is 0. The molecule has 4 nitrogen and oxygen atoms in total. The van der Waals surface area contributed by atoms with Crippen LogP contribution in [0.1, 0.15) is 102 Å². The molecule has 0 spiro atoms. The molecule has 0 radical (unpaired) electrons. The van der Waals surface area contributed by atoms with Crippen LogP contribution in [0.5, 0.6) is 5.75 Å². The Bertz CT molecular complexity index is 3590. The third-order valence-corrected chi connectivity index (χ3v) is 12.6. The second-order valence-corrected chi connectivity index (χ2v) is 19.6. The molecule has 0 unspecified atom stereocenters. The predicted octanol–water partition coefficient (Wildman–Crippen LogP) is 16.9. The molecular weight excluding hydrogens is 1010 g/mol. The Morgan fingerprint density at radius 1 is 0.574 bits per heavy atom. The van der Waals surface area contributed by atoms with E-state index in [1.165, 1.54) is 17.7 Å². The Morgan fingerprint density at radius 2 is 1.24 bits per heavy atom. The van der Waals surface area contributed by atoms with Crippen LogP contribution in [0.4, 0.5) is 0 Å². The molecule has 9 rings (SSSR count). The second kappa shape index (κ2) is 18.6. The minimum Gasteiger partial charge on any atom is -0.665 e. The zero-order valence-electron chi connectivity index (χ0n) is 48.8. The maximum Gasteiger partial charge on any atom is 2.00 e. The van der Waals surface area contributed by atoms with Crippen molar-refractivity contribution in [2.75, 3.05) is 0 Å². The molecule has 0 atom stereocenters. The normalized spacial score (nSPS) is 14.5. The average molecular weight is 1080 g/mol. The van der Waals surface area contributed by atoms with Crippen LogP contribution in [0, 0.1) is 27.0 Å². The number of imidazole rings is 1. The number of aryl methyl sites for hydroxylation is 2. The number of rotatable bonds is 8. The van der Waals surface area contributed by atoms with Crippen LogP contribution in [-0.4, -0.2) is 14.5 Å². The van der Waals surface area contributed by atoms with Crippen molar-refractivity contribution in [1.29, 1.82) is 0 Å². The van der Waals surface area contributed by atoms with Crippen molar-refractivity contribution >= 4 is 11.0 Å². The molecule has 0 N–H and O–H groups in total. The molecule has 0 bridgehead atoms. The van der Waals surface area contributed by atoms with Gasteiger partial charge in [0, 0.05) is 29.8 Å². The molecule has 2 heterocycles. The average Bonchev–Trinajstić information content (AvgIpc) is 3.86.